The number of aliphatic hydroxyl groups excluding tert-OH is 2. The number of hydrogen-bond acceptors (Lipinski definition) is 7. The number of aliphatic hydroxyl groups is 2. The van der Waals surface area contributed by atoms with Gasteiger partial charge in [0.05, 0.1) is 19.7 Å². The van der Waals surface area contributed by atoms with Crippen LogP contribution < -0.4 is 4.74 Å². The molecule has 0 saturated carbocycles. The maximum absolute atomic E-state index is 13.4. The fourth-order valence-electron chi connectivity index (χ4n) is 3.47. The average Bonchev–Trinajstić information content (AvgIpc) is 2.73. The van der Waals surface area contributed by atoms with Gasteiger partial charge in [-0.25, -0.2) is 8.42 Å². The summed E-state index contributed by atoms with van der Waals surface area (Å²) < 4.78 is 34.4. The molecular formula is C23H35N3O6S. The van der Waals surface area contributed by atoms with Gasteiger partial charge in [-0.15, -0.1) is 0 Å². The molecule has 1 aliphatic rings. The minimum Gasteiger partial charge on any atom is -0.487 e. The molecule has 33 heavy (non-hydrogen) atoms. The molecule has 0 radical (unpaired) electrons. The van der Waals surface area contributed by atoms with Crippen molar-refractivity contribution in [2.75, 3.05) is 47.4 Å². The number of amides is 1. The van der Waals surface area contributed by atoms with E-state index in [-0.39, 0.29) is 48.7 Å². The molecule has 0 spiro atoms. The highest BCUT2D eigenvalue weighted by Gasteiger charge is 2.38. The molecule has 184 valence electrons. The van der Waals surface area contributed by atoms with Crippen molar-refractivity contribution >= 4 is 15.9 Å². The smallest absolute Gasteiger partial charge is 0.247 e. The summed E-state index contributed by atoms with van der Waals surface area (Å²) >= 11 is 0. The average molecular weight is 482 g/mol. The second kappa shape index (κ2) is 11.3. The number of nitrogens with zero attached hydrogens (tertiary/aromatic N) is 3. The van der Waals surface area contributed by atoms with Gasteiger partial charge >= 0.3 is 0 Å². The molecule has 10 heteroatoms. The zero-order valence-corrected chi connectivity index (χ0v) is 21.0. The van der Waals surface area contributed by atoms with Crippen molar-refractivity contribution in [3.63, 3.8) is 0 Å². The molecule has 0 aromatic heterocycles. The van der Waals surface area contributed by atoms with Gasteiger partial charge in [0.15, 0.2) is 0 Å². The van der Waals surface area contributed by atoms with Crippen molar-refractivity contribution in [2.45, 2.75) is 43.9 Å². The van der Waals surface area contributed by atoms with E-state index in [2.05, 4.69) is 11.8 Å². The van der Waals surface area contributed by atoms with E-state index < -0.39 is 28.3 Å². The Morgan fingerprint density at radius 2 is 1.97 bits per heavy atom. The maximum Gasteiger partial charge on any atom is 0.247 e. The molecule has 0 aliphatic carbocycles. The number of rotatable bonds is 6. The first-order valence-corrected chi connectivity index (χ1v) is 12.3. The number of likely N-dealkylation sites (N-methyl/N-ethyl adjacent to an activating group) is 2. The van der Waals surface area contributed by atoms with Gasteiger partial charge < -0.3 is 24.7 Å². The molecule has 2 rings (SSSR count). The van der Waals surface area contributed by atoms with E-state index in [9.17, 15) is 23.4 Å². The van der Waals surface area contributed by atoms with Crippen molar-refractivity contribution in [1.82, 2.24) is 14.1 Å². The van der Waals surface area contributed by atoms with Crippen LogP contribution in [0.1, 0.15) is 26.3 Å². The molecule has 0 saturated heterocycles. The van der Waals surface area contributed by atoms with Gasteiger partial charge in [0, 0.05) is 31.1 Å². The Balaban J connectivity index is 2.53. The lowest BCUT2D eigenvalue weighted by atomic mass is 10.0. The largest absolute Gasteiger partial charge is 0.487 e. The molecule has 2 N–H and O–H groups in total. The van der Waals surface area contributed by atoms with Gasteiger partial charge in [-0.1, -0.05) is 18.8 Å². The van der Waals surface area contributed by atoms with Crippen LogP contribution in [0.15, 0.2) is 23.1 Å². The Bertz CT molecular complexity index is 999. The molecule has 0 fully saturated rings. The van der Waals surface area contributed by atoms with E-state index in [1.54, 1.807) is 29.8 Å². The molecule has 1 aromatic rings. The maximum atomic E-state index is 13.4. The molecule has 1 heterocycles. The van der Waals surface area contributed by atoms with Crippen LogP contribution in [0, 0.1) is 17.8 Å². The summed E-state index contributed by atoms with van der Waals surface area (Å²) in [6.45, 7) is 5.36. The van der Waals surface area contributed by atoms with Crippen LogP contribution in [-0.4, -0.2) is 104 Å². The number of carbonyl (C=O) groups excluding carboxylic acids is 1. The third kappa shape index (κ3) is 6.91. The van der Waals surface area contributed by atoms with Crippen LogP contribution >= 0.6 is 0 Å². The number of benzene rings is 1. The molecule has 0 bridgehead atoms. The van der Waals surface area contributed by atoms with Crippen molar-refractivity contribution in [1.29, 1.82) is 0 Å². The van der Waals surface area contributed by atoms with Crippen LogP contribution in [0.5, 0.6) is 5.75 Å². The minimum absolute atomic E-state index is 0.0235. The Morgan fingerprint density at radius 1 is 1.30 bits per heavy atom. The zero-order valence-electron chi connectivity index (χ0n) is 20.1. The van der Waals surface area contributed by atoms with E-state index in [1.807, 2.05) is 21.0 Å². The highest BCUT2D eigenvalue weighted by atomic mass is 32.2. The topological polar surface area (TPSA) is 111 Å². The molecule has 9 nitrogen and oxygen atoms in total. The van der Waals surface area contributed by atoms with Crippen LogP contribution in [-0.2, 0) is 14.8 Å². The quantitative estimate of drug-likeness (QED) is 0.559. The van der Waals surface area contributed by atoms with Crippen molar-refractivity contribution in [3.8, 4) is 17.6 Å². The third-order valence-electron chi connectivity index (χ3n) is 5.42. The summed E-state index contributed by atoms with van der Waals surface area (Å²) in [4.78, 5) is 15.8. The van der Waals surface area contributed by atoms with E-state index in [4.69, 9.17) is 4.74 Å². The highest BCUT2D eigenvalue weighted by molar-refractivity contribution is 7.89. The predicted octanol–water partition coefficient (Wildman–Crippen LogP) is 0.208. The molecule has 1 aromatic carbocycles. The van der Waals surface area contributed by atoms with Crippen LogP contribution in [0.3, 0.4) is 0 Å². The summed E-state index contributed by atoms with van der Waals surface area (Å²) in [6, 6.07) is 3.90. The first-order valence-electron chi connectivity index (χ1n) is 10.9. The Kier molecular flexibility index (Phi) is 9.29. The Labute approximate surface area is 197 Å². The number of fused-ring (bicyclic) bond motifs is 1. The lowest BCUT2D eigenvalue weighted by molar-refractivity contribution is -0.132. The summed E-state index contributed by atoms with van der Waals surface area (Å²) in [6.07, 6.45) is -1.33. The molecular weight excluding hydrogens is 446 g/mol. The predicted molar refractivity (Wildman–Crippen MR) is 125 cm³/mol. The molecule has 0 unspecified atom stereocenters. The van der Waals surface area contributed by atoms with Gasteiger partial charge in [-0.3, -0.25) is 4.79 Å². The molecule has 1 amide bonds. The van der Waals surface area contributed by atoms with Gasteiger partial charge in [-0.05, 0) is 46.1 Å². The van der Waals surface area contributed by atoms with Gasteiger partial charge in [0.2, 0.25) is 15.9 Å². The summed E-state index contributed by atoms with van der Waals surface area (Å²) in [5.74, 6) is 5.23. The number of sulfonamides is 1. The van der Waals surface area contributed by atoms with E-state index in [1.165, 1.54) is 23.4 Å². The van der Waals surface area contributed by atoms with Crippen LogP contribution in [0.25, 0.3) is 0 Å². The first kappa shape index (κ1) is 27.1. The summed E-state index contributed by atoms with van der Waals surface area (Å²) in [5.41, 5.74) is 0.496. The minimum atomic E-state index is -3.96. The van der Waals surface area contributed by atoms with Gasteiger partial charge in [-0.2, -0.15) is 4.31 Å². The standard InChI is InChI=1S/C23H35N3O6S/c1-16-12-26(17(2)15-27)33(30,31)22-10-9-19(8-7-18(3)28)11-20(22)32-21(16)13-25(6)23(29)14-24(4)5/h9-11,16-18,21,27-28H,12-15H2,1-6H3/t16-,17+,18+,21-/m1/s1. The van der Waals surface area contributed by atoms with Crippen LogP contribution in [0.4, 0.5) is 0 Å². The second-order valence-electron chi connectivity index (χ2n) is 8.86. The lowest BCUT2D eigenvalue weighted by Gasteiger charge is -2.37. The highest BCUT2D eigenvalue weighted by Crippen LogP contribution is 2.34. The van der Waals surface area contributed by atoms with Crippen molar-refractivity contribution < 1.29 is 28.2 Å². The van der Waals surface area contributed by atoms with Gasteiger partial charge in [0.25, 0.3) is 0 Å². The Hall–Kier alpha value is -2.16. The monoisotopic (exact) mass is 481 g/mol. The SMILES string of the molecule is C[C@H](O)C#Cc1ccc2c(c1)O[C@H](CN(C)C(=O)CN(C)C)[C@H](C)CN([C@@H](C)CO)S2(=O)=O. The molecule has 4 atom stereocenters. The van der Waals surface area contributed by atoms with Gasteiger partial charge in [0.1, 0.15) is 22.9 Å². The number of carbonyl (C=O) groups is 1. The fourth-order valence-corrected chi connectivity index (χ4v) is 5.30. The van der Waals surface area contributed by atoms with E-state index >= 15 is 0 Å². The summed E-state index contributed by atoms with van der Waals surface area (Å²) in [7, 11) is 1.36. The van der Waals surface area contributed by atoms with E-state index in [0.717, 1.165) is 0 Å². The zero-order chi connectivity index (χ0) is 24.9. The third-order valence-corrected chi connectivity index (χ3v) is 7.44. The lowest BCUT2D eigenvalue weighted by Crippen LogP contribution is -2.50. The normalized spacial score (nSPS) is 22.1. The molecule has 1 aliphatic heterocycles. The number of hydrogen-bond donors (Lipinski definition) is 2. The van der Waals surface area contributed by atoms with Crippen molar-refractivity contribution in [2.24, 2.45) is 5.92 Å². The van der Waals surface area contributed by atoms with Crippen molar-refractivity contribution in [3.05, 3.63) is 23.8 Å². The first-order chi connectivity index (χ1) is 15.4. The van der Waals surface area contributed by atoms with E-state index in [0.29, 0.717) is 5.56 Å². The Morgan fingerprint density at radius 3 is 2.55 bits per heavy atom. The van der Waals surface area contributed by atoms with Crippen LogP contribution in [0.2, 0.25) is 0 Å². The fraction of sp³-hybridized carbons (Fsp3) is 0.609. The second-order valence-corrected chi connectivity index (χ2v) is 10.7. The summed E-state index contributed by atoms with van der Waals surface area (Å²) in [5, 5.41) is 19.2. The number of ether oxygens (including phenoxy) is 1.